The van der Waals surface area contributed by atoms with E-state index in [0.717, 1.165) is 4.57 Å². The average Bonchev–Trinajstić information content (AvgIpc) is 3.03. The fourth-order valence-corrected chi connectivity index (χ4v) is 6.20. The van der Waals surface area contributed by atoms with E-state index in [1.165, 1.54) is 12.3 Å². The highest BCUT2D eigenvalue weighted by molar-refractivity contribution is 6.74. The third-order valence-electron chi connectivity index (χ3n) is 8.90. The van der Waals surface area contributed by atoms with Gasteiger partial charge >= 0.3 is 12.3 Å². The number of nitrogens with zero attached hydrogens (tertiary/aromatic N) is 2. The Balaban J connectivity index is 1.85. The summed E-state index contributed by atoms with van der Waals surface area (Å²) in [7, 11) is -2.93. The van der Waals surface area contributed by atoms with Crippen LogP contribution in [0.3, 0.4) is 0 Å². The molecular formula is C34H50F3N5O7Si. The molecule has 1 fully saturated rings. The molecule has 2 unspecified atom stereocenters. The van der Waals surface area contributed by atoms with Crippen LogP contribution >= 0.6 is 0 Å². The van der Waals surface area contributed by atoms with Gasteiger partial charge in [0.05, 0.1) is 24.8 Å². The van der Waals surface area contributed by atoms with Crippen LogP contribution < -0.4 is 21.5 Å². The molecule has 1 aliphatic heterocycles. The number of hydrogen-bond acceptors (Lipinski definition) is 8. The van der Waals surface area contributed by atoms with Crippen molar-refractivity contribution >= 4 is 31.9 Å². The number of aromatic nitrogens is 1. The van der Waals surface area contributed by atoms with Crippen molar-refractivity contribution in [3.63, 3.8) is 0 Å². The van der Waals surface area contributed by atoms with Gasteiger partial charge in [-0.3, -0.25) is 24.6 Å². The maximum Gasteiger partial charge on any atom is 0.415 e. The molecule has 12 nitrogen and oxygen atoms in total. The van der Waals surface area contributed by atoms with Gasteiger partial charge < -0.3 is 29.1 Å². The van der Waals surface area contributed by atoms with E-state index in [9.17, 15) is 32.3 Å². The normalized spacial score (nSPS) is 15.7. The summed E-state index contributed by atoms with van der Waals surface area (Å²) in [6.07, 6.45) is -6.92. The van der Waals surface area contributed by atoms with Gasteiger partial charge in [0.2, 0.25) is 5.91 Å². The Morgan fingerprint density at radius 3 is 2.24 bits per heavy atom. The summed E-state index contributed by atoms with van der Waals surface area (Å²) in [6, 6.07) is 8.58. The fourth-order valence-electron chi connectivity index (χ4n) is 4.93. The number of alkyl halides is 3. The van der Waals surface area contributed by atoms with Crippen LogP contribution in [0.4, 0.5) is 23.7 Å². The smallest absolute Gasteiger partial charge is 0.415 e. The molecule has 16 heteroatoms. The van der Waals surface area contributed by atoms with E-state index in [2.05, 4.69) is 20.9 Å². The standard InChI is InChI=1S/C34H50F3N5O7Si/c1-23(2)27(29(34(35,36)37)49-50(6,7)33(3,4)5)39-26(43)21-42-15-13-25(30(44)38-14-16-41-17-19-47-20-18-41)28(31(42)45)40-32(46)48-22-24-11-9-8-10-12-24/h8-13,15,23,27,29H,14,16-22H2,1-7H3,(H,38,44)(H,39,43)(H,40,46). The maximum absolute atomic E-state index is 14.4. The topological polar surface area (TPSA) is 140 Å². The van der Waals surface area contributed by atoms with E-state index in [4.69, 9.17) is 13.9 Å². The largest absolute Gasteiger partial charge is 0.444 e. The first-order valence-electron chi connectivity index (χ1n) is 16.6. The molecule has 1 aliphatic rings. The van der Waals surface area contributed by atoms with E-state index >= 15 is 0 Å². The lowest BCUT2D eigenvalue weighted by atomic mass is 9.98. The minimum absolute atomic E-state index is 0.120. The van der Waals surface area contributed by atoms with Crippen LogP contribution in [-0.4, -0.2) is 93.4 Å². The van der Waals surface area contributed by atoms with Gasteiger partial charge in [0, 0.05) is 32.4 Å². The highest BCUT2D eigenvalue weighted by Crippen LogP contribution is 2.41. The number of morpholine rings is 1. The Kier molecular flexibility index (Phi) is 14.2. The number of hydrogen-bond donors (Lipinski definition) is 3. The Bertz CT molecular complexity index is 1510. The van der Waals surface area contributed by atoms with Crippen LogP contribution in [0, 0.1) is 5.92 Å². The summed E-state index contributed by atoms with van der Waals surface area (Å²) >= 11 is 0. The van der Waals surface area contributed by atoms with Crippen LogP contribution in [-0.2, 0) is 31.8 Å². The zero-order valence-corrected chi connectivity index (χ0v) is 30.8. The van der Waals surface area contributed by atoms with Gasteiger partial charge in [-0.2, -0.15) is 13.2 Å². The number of pyridine rings is 1. The van der Waals surface area contributed by atoms with Gasteiger partial charge in [-0.15, -0.1) is 0 Å². The minimum atomic E-state index is -4.79. The number of halogens is 3. The second kappa shape index (κ2) is 17.5. The second-order valence-corrected chi connectivity index (χ2v) is 18.9. The molecule has 0 bridgehead atoms. The number of carbonyl (C=O) groups is 3. The molecule has 2 atom stereocenters. The molecule has 3 N–H and O–H groups in total. The number of nitrogens with one attached hydrogen (secondary N) is 3. The molecule has 3 rings (SSSR count). The molecule has 1 aromatic carbocycles. The predicted molar refractivity (Wildman–Crippen MR) is 185 cm³/mol. The molecule has 0 radical (unpaired) electrons. The van der Waals surface area contributed by atoms with Crippen molar-refractivity contribution in [3.05, 3.63) is 64.1 Å². The monoisotopic (exact) mass is 725 g/mol. The molecule has 0 aliphatic carbocycles. The average molecular weight is 726 g/mol. The Labute approximate surface area is 292 Å². The molecule has 1 saturated heterocycles. The second-order valence-electron chi connectivity index (χ2n) is 14.1. The number of rotatable bonds is 14. The van der Waals surface area contributed by atoms with Crippen LogP contribution in [0.2, 0.25) is 18.1 Å². The number of ether oxygens (including phenoxy) is 2. The molecule has 0 saturated carbocycles. The fraction of sp³-hybridized carbons (Fsp3) is 0.588. The van der Waals surface area contributed by atoms with Crippen molar-refractivity contribution in [2.45, 2.75) is 84.2 Å². The van der Waals surface area contributed by atoms with Gasteiger partial charge in [-0.1, -0.05) is 65.0 Å². The molecule has 278 valence electrons. The van der Waals surface area contributed by atoms with Gasteiger partial charge in [-0.25, -0.2) is 4.79 Å². The third kappa shape index (κ3) is 11.7. The van der Waals surface area contributed by atoms with E-state index < -0.39 is 73.3 Å². The summed E-state index contributed by atoms with van der Waals surface area (Å²) in [5, 5.41) is 6.99. The van der Waals surface area contributed by atoms with Crippen molar-refractivity contribution < 1.29 is 41.5 Å². The highest BCUT2D eigenvalue weighted by atomic mass is 28.4. The van der Waals surface area contributed by atoms with Crippen molar-refractivity contribution in [2.24, 2.45) is 5.92 Å². The zero-order chi connectivity index (χ0) is 37.3. The van der Waals surface area contributed by atoms with Crippen molar-refractivity contribution in [1.29, 1.82) is 0 Å². The molecule has 2 aromatic rings. The number of carbonyl (C=O) groups excluding carboxylic acids is 3. The summed E-state index contributed by atoms with van der Waals surface area (Å²) in [6.45, 7) is 14.5. The summed E-state index contributed by atoms with van der Waals surface area (Å²) < 4.78 is 60.6. The minimum Gasteiger partial charge on any atom is -0.444 e. The van der Waals surface area contributed by atoms with Crippen LogP contribution in [0.1, 0.15) is 50.5 Å². The predicted octanol–water partition coefficient (Wildman–Crippen LogP) is 4.75. The SMILES string of the molecule is CC(C)C(NC(=O)Cn1ccc(C(=O)NCCN2CCOCC2)c(NC(=O)OCc2ccccc2)c1=O)C(O[Si](C)(C)C(C)(C)C)C(F)(F)F. The van der Waals surface area contributed by atoms with Crippen LogP contribution in [0.5, 0.6) is 0 Å². The molecule has 1 aromatic heterocycles. The Hall–Kier alpha value is -3.73. The van der Waals surface area contributed by atoms with Crippen LogP contribution in [0.25, 0.3) is 0 Å². The number of amides is 3. The molecule has 0 spiro atoms. The van der Waals surface area contributed by atoms with Crippen LogP contribution in [0.15, 0.2) is 47.4 Å². The molecule has 2 heterocycles. The van der Waals surface area contributed by atoms with Gasteiger partial charge in [-0.05, 0) is 35.7 Å². The van der Waals surface area contributed by atoms with Gasteiger partial charge in [0.25, 0.3) is 11.5 Å². The first kappa shape index (κ1) is 40.7. The van der Waals surface area contributed by atoms with Crippen molar-refractivity contribution in [2.75, 3.05) is 44.7 Å². The highest BCUT2D eigenvalue weighted by Gasteiger charge is 2.52. The lowest BCUT2D eigenvalue weighted by Crippen LogP contribution is -2.59. The summed E-state index contributed by atoms with van der Waals surface area (Å²) in [4.78, 5) is 55.1. The van der Waals surface area contributed by atoms with E-state index in [1.807, 2.05) is 20.8 Å². The lowest BCUT2D eigenvalue weighted by Gasteiger charge is -2.42. The van der Waals surface area contributed by atoms with Gasteiger partial charge in [0.1, 0.15) is 18.8 Å². The number of anilines is 1. The summed E-state index contributed by atoms with van der Waals surface area (Å²) in [5.74, 6) is -2.23. The van der Waals surface area contributed by atoms with E-state index in [1.54, 1.807) is 57.3 Å². The number of benzene rings is 1. The first-order valence-corrected chi connectivity index (χ1v) is 19.5. The van der Waals surface area contributed by atoms with Crippen molar-refractivity contribution in [3.8, 4) is 0 Å². The maximum atomic E-state index is 14.4. The van der Waals surface area contributed by atoms with E-state index in [-0.39, 0.29) is 18.7 Å². The third-order valence-corrected chi connectivity index (χ3v) is 13.4. The van der Waals surface area contributed by atoms with E-state index in [0.29, 0.717) is 38.4 Å². The molecule has 3 amide bonds. The Morgan fingerprint density at radius 1 is 1.02 bits per heavy atom. The zero-order valence-electron chi connectivity index (χ0n) is 29.8. The quantitative estimate of drug-likeness (QED) is 0.237. The molecule has 50 heavy (non-hydrogen) atoms. The lowest BCUT2D eigenvalue weighted by molar-refractivity contribution is -0.210. The van der Waals surface area contributed by atoms with Gasteiger partial charge in [0.15, 0.2) is 14.4 Å². The molecular weight excluding hydrogens is 675 g/mol. The summed E-state index contributed by atoms with van der Waals surface area (Å²) in [5.41, 5.74) is -0.869. The first-order chi connectivity index (χ1) is 23.3. The Morgan fingerprint density at radius 2 is 1.66 bits per heavy atom. The van der Waals surface area contributed by atoms with Crippen molar-refractivity contribution in [1.82, 2.24) is 20.1 Å².